The first-order valence-corrected chi connectivity index (χ1v) is 7.28. The molecular weight excluding hydrogens is 261 g/mol. The highest BCUT2D eigenvalue weighted by Crippen LogP contribution is 2.31. The molecule has 4 heteroatoms. The molecule has 0 bridgehead atoms. The summed E-state index contributed by atoms with van der Waals surface area (Å²) in [6.07, 6.45) is 0.664. The molecular formula is C15H16FNOS. The van der Waals surface area contributed by atoms with Crippen molar-refractivity contribution in [1.82, 2.24) is 4.90 Å². The fourth-order valence-corrected chi connectivity index (χ4v) is 3.52. The lowest BCUT2D eigenvalue weighted by Gasteiger charge is -2.12. The van der Waals surface area contributed by atoms with E-state index in [9.17, 15) is 9.50 Å². The maximum atomic E-state index is 13.7. The molecule has 19 heavy (non-hydrogen) atoms. The number of benzene rings is 1. The summed E-state index contributed by atoms with van der Waals surface area (Å²) in [6.45, 7) is 2.53. The maximum absolute atomic E-state index is 13.7. The number of aliphatic hydroxyl groups is 1. The SMILES string of the molecule is O[C@@H]1CCN(Cc2ccc(-c3ccccc3F)s2)C1. The van der Waals surface area contributed by atoms with Crippen LogP contribution in [0.1, 0.15) is 11.3 Å². The third-order valence-electron chi connectivity index (χ3n) is 3.43. The number of hydrogen-bond acceptors (Lipinski definition) is 3. The molecule has 1 aliphatic heterocycles. The van der Waals surface area contributed by atoms with E-state index in [1.54, 1.807) is 17.4 Å². The zero-order chi connectivity index (χ0) is 13.2. The summed E-state index contributed by atoms with van der Waals surface area (Å²) < 4.78 is 13.7. The largest absolute Gasteiger partial charge is 0.392 e. The van der Waals surface area contributed by atoms with Gasteiger partial charge in [-0.3, -0.25) is 4.90 Å². The molecule has 0 radical (unpaired) electrons. The van der Waals surface area contributed by atoms with Crippen molar-refractivity contribution in [2.45, 2.75) is 19.1 Å². The normalized spacial score (nSPS) is 20.0. The number of aliphatic hydroxyl groups excluding tert-OH is 1. The number of thiophene rings is 1. The van der Waals surface area contributed by atoms with Gasteiger partial charge in [-0.1, -0.05) is 18.2 Å². The zero-order valence-corrected chi connectivity index (χ0v) is 11.4. The van der Waals surface area contributed by atoms with Gasteiger partial charge >= 0.3 is 0 Å². The Kier molecular flexibility index (Phi) is 3.64. The third kappa shape index (κ3) is 2.86. The van der Waals surface area contributed by atoms with Crippen molar-refractivity contribution in [3.8, 4) is 10.4 Å². The number of rotatable bonds is 3. The van der Waals surface area contributed by atoms with Crippen LogP contribution in [0.15, 0.2) is 36.4 Å². The molecule has 100 valence electrons. The summed E-state index contributed by atoms with van der Waals surface area (Å²) in [6, 6.07) is 10.9. The van der Waals surface area contributed by atoms with Crippen LogP contribution in [0.3, 0.4) is 0 Å². The Labute approximate surface area is 116 Å². The van der Waals surface area contributed by atoms with Gasteiger partial charge in [0.1, 0.15) is 5.82 Å². The lowest BCUT2D eigenvalue weighted by molar-refractivity contribution is 0.175. The highest BCUT2D eigenvalue weighted by atomic mass is 32.1. The Bertz CT molecular complexity index is 569. The first-order chi connectivity index (χ1) is 9.22. The summed E-state index contributed by atoms with van der Waals surface area (Å²) in [5.41, 5.74) is 0.667. The Morgan fingerprint density at radius 1 is 1.26 bits per heavy atom. The molecule has 0 unspecified atom stereocenters. The minimum absolute atomic E-state index is 0.174. The fraction of sp³-hybridized carbons (Fsp3) is 0.333. The fourth-order valence-electron chi connectivity index (χ4n) is 2.44. The second kappa shape index (κ2) is 5.41. The molecule has 2 aromatic rings. The highest BCUT2D eigenvalue weighted by Gasteiger charge is 2.20. The second-order valence-electron chi connectivity index (χ2n) is 4.92. The molecule has 1 aliphatic rings. The molecule has 1 aromatic carbocycles. The molecule has 0 saturated carbocycles. The molecule has 1 aromatic heterocycles. The van der Waals surface area contributed by atoms with E-state index in [2.05, 4.69) is 11.0 Å². The Morgan fingerprint density at radius 2 is 2.11 bits per heavy atom. The molecule has 3 rings (SSSR count). The average Bonchev–Trinajstić information content (AvgIpc) is 3.00. The van der Waals surface area contributed by atoms with Crippen LogP contribution >= 0.6 is 11.3 Å². The molecule has 1 fully saturated rings. The van der Waals surface area contributed by atoms with Crippen LogP contribution in [0.2, 0.25) is 0 Å². The van der Waals surface area contributed by atoms with Gasteiger partial charge in [-0.05, 0) is 24.6 Å². The van der Waals surface area contributed by atoms with E-state index in [1.165, 1.54) is 10.9 Å². The van der Waals surface area contributed by atoms with Gasteiger partial charge in [0, 0.05) is 35.0 Å². The van der Waals surface area contributed by atoms with E-state index < -0.39 is 0 Å². The smallest absolute Gasteiger partial charge is 0.131 e. The summed E-state index contributed by atoms with van der Waals surface area (Å²) in [4.78, 5) is 4.42. The number of β-amino-alcohol motifs (C(OH)–C–C–N with tert-alkyl or cyclic N) is 1. The van der Waals surface area contributed by atoms with E-state index in [1.807, 2.05) is 18.2 Å². The lowest BCUT2D eigenvalue weighted by Crippen LogP contribution is -2.20. The quantitative estimate of drug-likeness (QED) is 0.931. The van der Waals surface area contributed by atoms with E-state index in [0.717, 1.165) is 30.9 Å². The standard InChI is InChI=1S/C15H16FNOS/c16-14-4-2-1-3-13(14)15-6-5-12(19-15)10-17-8-7-11(18)9-17/h1-6,11,18H,7-10H2/t11-/m1/s1. The van der Waals surface area contributed by atoms with E-state index in [0.29, 0.717) is 5.56 Å². The molecule has 2 heterocycles. The van der Waals surface area contributed by atoms with Crippen LogP contribution in [0.25, 0.3) is 10.4 Å². The number of nitrogens with zero attached hydrogens (tertiary/aromatic N) is 1. The molecule has 0 aliphatic carbocycles. The van der Waals surface area contributed by atoms with Gasteiger partial charge in [-0.15, -0.1) is 11.3 Å². The van der Waals surface area contributed by atoms with Gasteiger partial charge in [0.05, 0.1) is 6.10 Å². The van der Waals surface area contributed by atoms with Crippen LogP contribution in [-0.2, 0) is 6.54 Å². The van der Waals surface area contributed by atoms with Crippen LogP contribution in [0, 0.1) is 5.82 Å². The van der Waals surface area contributed by atoms with Gasteiger partial charge in [0.25, 0.3) is 0 Å². The lowest BCUT2D eigenvalue weighted by atomic mass is 10.2. The molecule has 1 N–H and O–H groups in total. The van der Waals surface area contributed by atoms with E-state index in [4.69, 9.17) is 0 Å². The Balaban J connectivity index is 1.75. The van der Waals surface area contributed by atoms with Gasteiger partial charge in [-0.25, -0.2) is 4.39 Å². The van der Waals surface area contributed by atoms with Crippen LogP contribution in [-0.4, -0.2) is 29.2 Å². The third-order valence-corrected chi connectivity index (χ3v) is 4.53. The predicted molar refractivity (Wildman–Crippen MR) is 75.6 cm³/mol. The molecule has 0 spiro atoms. The predicted octanol–water partition coefficient (Wildman–Crippen LogP) is 3.12. The summed E-state index contributed by atoms with van der Waals surface area (Å²) >= 11 is 1.62. The van der Waals surface area contributed by atoms with Crippen molar-refractivity contribution in [3.63, 3.8) is 0 Å². The highest BCUT2D eigenvalue weighted by molar-refractivity contribution is 7.15. The van der Waals surface area contributed by atoms with Gasteiger partial charge in [0.15, 0.2) is 0 Å². The number of likely N-dealkylation sites (tertiary alicyclic amines) is 1. The monoisotopic (exact) mass is 277 g/mol. The number of hydrogen-bond donors (Lipinski definition) is 1. The average molecular weight is 277 g/mol. The first-order valence-electron chi connectivity index (χ1n) is 6.46. The topological polar surface area (TPSA) is 23.5 Å². The Hall–Kier alpha value is -1.23. The summed E-state index contributed by atoms with van der Waals surface area (Å²) in [5.74, 6) is -0.174. The van der Waals surface area contributed by atoms with E-state index in [-0.39, 0.29) is 11.9 Å². The molecule has 1 saturated heterocycles. The minimum Gasteiger partial charge on any atom is -0.392 e. The van der Waals surface area contributed by atoms with E-state index >= 15 is 0 Å². The van der Waals surface area contributed by atoms with Crippen LogP contribution in [0.4, 0.5) is 4.39 Å². The van der Waals surface area contributed by atoms with Crippen molar-refractivity contribution < 1.29 is 9.50 Å². The molecule has 0 amide bonds. The van der Waals surface area contributed by atoms with Crippen molar-refractivity contribution in [2.75, 3.05) is 13.1 Å². The van der Waals surface area contributed by atoms with Crippen LogP contribution in [0.5, 0.6) is 0 Å². The van der Waals surface area contributed by atoms with Crippen molar-refractivity contribution in [3.05, 3.63) is 47.1 Å². The summed E-state index contributed by atoms with van der Waals surface area (Å²) in [5, 5.41) is 9.51. The molecule has 1 atom stereocenters. The van der Waals surface area contributed by atoms with Gasteiger partial charge in [0.2, 0.25) is 0 Å². The van der Waals surface area contributed by atoms with Crippen LogP contribution < -0.4 is 0 Å². The minimum atomic E-state index is -0.189. The van der Waals surface area contributed by atoms with Crippen molar-refractivity contribution in [2.24, 2.45) is 0 Å². The van der Waals surface area contributed by atoms with Gasteiger partial charge < -0.3 is 5.11 Å². The number of halogens is 1. The zero-order valence-electron chi connectivity index (χ0n) is 10.6. The maximum Gasteiger partial charge on any atom is 0.131 e. The van der Waals surface area contributed by atoms with Crippen molar-refractivity contribution >= 4 is 11.3 Å². The second-order valence-corrected chi connectivity index (χ2v) is 6.09. The molecule has 2 nitrogen and oxygen atoms in total. The summed E-state index contributed by atoms with van der Waals surface area (Å²) in [7, 11) is 0. The first kappa shape index (κ1) is 12.8. The van der Waals surface area contributed by atoms with Crippen molar-refractivity contribution in [1.29, 1.82) is 0 Å². The Morgan fingerprint density at radius 3 is 2.84 bits per heavy atom. The van der Waals surface area contributed by atoms with Gasteiger partial charge in [-0.2, -0.15) is 0 Å².